The molecule has 1 aliphatic rings. The monoisotopic (exact) mass is 414 g/mol. The Labute approximate surface area is 171 Å². The van der Waals surface area contributed by atoms with Crippen LogP contribution in [-0.4, -0.2) is 26.2 Å². The normalized spacial score (nSPS) is 15.0. The van der Waals surface area contributed by atoms with Crippen LogP contribution in [0.2, 0.25) is 0 Å². The van der Waals surface area contributed by atoms with Crippen molar-refractivity contribution in [2.24, 2.45) is 0 Å². The zero-order valence-corrected chi connectivity index (χ0v) is 17.3. The second-order valence-electron chi connectivity index (χ2n) is 7.01. The van der Waals surface area contributed by atoms with Crippen molar-refractivity contribution in [3.63, 3.8) is 0 Å². The number of anilines is 1. The predicted octanol–water partition coefficient (Wildman–Crippen LogP) is 4.40. The van der Waals surface area contributed by atoms with Gasteiger partial charge in [0.25, 0.3) is 5.56 Å². The van der Waals surface area contributed by atoms with E-state index >= 15 is 0 Å². The third-order valence-corrected chi connectivity index (χ3v) is 6.74. The highest BCUT2D eigenvalue weighted by molar-refractivity contribution is 7.99. The average molecular weight is 415 g/mol. The number of thioether (sulfide) groups is 1. The van der Waals surface area contributed by atoms with Gasteiger partial charge in [0.15, 0.2) is 10.3 Å². The van der Waals surface area contributed by atoms with Crippen LogP contribution in [0.5, 0.6) is 0 Å². The summed E-state index contributed by atoms with van der Waals surface area (Å²) in [5.41, 5.74) is 1.56. The fourth-order valence-electron chi connectivity index (χ4n) is 3.59. The Morgan fingerprint density at radius 3 is 2.79 bits per heavy atom. The number of para-hydroxylation sites is 1. The van der Waals surface area contributed by atoms with E-state index in [9.17, 15) is 9.59 Å². The van der Waals surface area contributed by atoms with Crippen molar-refractivity contribution in [3.05, 3.63) is 45.7 Å². The molecule has 0 unspecified atom stereocenters. The van der Waals surface area contributed by atoms with Gasteiger partial charge in [0.2, 0.25) is 5.91 Å². The van der Waals surface area contributed by atoms with Crippen LogP contribution in [0.15, 0.2) is 39.6 Å². The fraction of sp³-hybridized carbons (Fsp3) is 0.400. The molecule has 2 aromatic heterocycles. The molecule has 28 heavy (non-hydrogen) atoms. The number of carbonyl (C=O) groups is 1. The van der Waals surface area contributed by atoms with Crippen molar-refractivity contribution in [3.8, 4) is 0 Å². The number of hydrogen-bond donors (Lipinski definition) is 1. The second-order valence-corrected chi connectivity index (χ2v) is 8.81. The van der Waals surface area contributed by atoms with E-state index in [1.165, 1.54) is 29.5 Å². The third-order valence-electron chi connectivity index (χ3n) is 4.91. The van der Waals surface area contributed by atoms with E-state index in [-0.39, 0.29) is 23.3 Å². The van der Waals surface area contributed by atoms with Crippen LogP contribution in [0.3, 0.4) is 0 Å². The molecule has 0 saturated heterocycles. The molecule has 1 N–H and O–H groups in total. The van der Waals surface area contributed by atoms with Crippen molar-refractivity contribution >= 4 is 45.0 Å². The first-order valence-corrected chi connectivity index (χ1v) is 11.3. The van der Waals surface area contributed by atoms with Gasteiger partial charge in [0, 0.05) is 11.4 Å². The van der Waals surface area contributed by atoms with E-state index in [1.54, 1.807) is 0 Å². The summed E-state index contributed by atoms with van der Waals surface area (Å²) in [5, 5.41) is 6.57. The minimum Gasteiger partial charge on any atom is -0.301 e. The summed E-state index contributed by atoms with van der Waals surface area (Å²) in [6.07, 6.45) is 5.43. The van der Waals surface area contributed by atoms with E-state index in [1.807, 2.05) is 41.1 Å². The molecule has 1 saturated carbocycles. The molecule has 3 aromatic rings. The Kier molecular flexibility index (Phi) is 5.77. The molecule has 1 aliphatic carbocycles. The molecule has 1 fully saturated rings. The summed E-state index contributed by atoms with van der Waals surface area (Å²) < 4.78 is 1.83. The first-order chi connectivity index (χ1) is 13.6. The zero-order valence-electron chi connectivity index (χ0n) is 15.7. The number of nitrogens with one attached hydrogen (secondary N) is 1. The first kappa shape index (κ1) is 19.1. The van der Waals surface area contributed by atoms with E-state index < -0.39 is 0 Å². The van der Waals surface area contributed by atoms with Crippen molar-refractivity contribution < 1.29 is 4.79 Å². The highest BCUT2D eigenvalue weighted by atomic mass is 32.2. The van der Waals surface area contributed by atoms with Crippen molar-refractivity contribution in [1.82, 2.24) is 14.5 Å². The molecule has 0 spiro atoms. The number of rotatable bonds is 5. The van der Waals surface area contributed by atoms with Crippen LogP contribution in [0.4, 0.5) is 5.13 Å². The number of fused-ring (bicyclic) bond motifs is 1. The number of amides is 1. The number of aryl methyl sites for hydroxylation is 1. The van der Waals surface area contributed by atoms with E-state index in [0.717, 1.165) is 31.4 Å². The van der Waals surface area contributed by atoms with Crippen LogP contribution >= 0.6 is 23.1 Å². The van der Waals surface area contributed by atoms with Crippen LogP contribution in [0.25, 0.3) is 10.9 Å². The molecule has 0 atom stereocenters. The Hall–Kier alpha value is -2.19. The average Bonchev–Trinajstić information content (AvgIpc) is 3.11. The lowest BCUT2D eigenvalue weighted by Gasteiger charge is -2.26. The summed E-state index contributed by atoms with van der Waals surface area (Å²) in [7, 11) is 0. The Bertz CT molecular complexity index is 1050. The van der Waals surface area contributed by atoms with Crippen LogP contribution in [0.1, 0.15) is 43.8 Å². The van der Waals surface area contributed by atoms with Crippen LogP contribution in [0, 0.1) is 6.92 Å². The van der Waals surface area contributed by atoms with Gasteiger partial charge in [-0.05, 0) is 31.9 Å². The highest BCUT2D eigenvalue weighted by Crippen LogP contribution is 2.31. The zero-order chi connectivity index (χ0) is 19.5. The number of hydrogen-bond acceptors (Lipinski definition) is 6. The summed E-state index contributed by atoms with van der Waals surface area (Å²) >= 11 is 2.73. The Morgan fingerprint density at radius 1 is 1.25 bits per heavy atom. The van der Waals surface area contributed by atoms with E-state index in [2.05, 4.69) is 10.3 Å². The molecular formula is C20H22N4O2S2. The number of thiazole rings is 1. The van der Waals surface area contributed by atoms with Crippen LogP contribution < -0.4 is 10.9 Å². The van der Waals surface area contributed by atoms with E-state index in [0.29, 0.717) is 21.2 Å². The molecule has 2 heterocycles. The Morgan fingerprint density at radius 2 is 2.04 bits per heavy atom. The lowest BCUT2D eigenvalue weighted by molar-refractivity contribution is -0.113. The van der Waals surface area contributed by atoms with Gasteiger partial charge in [-0.3, -0.25) is 14.2 Å². The summed E-state index contributed by atoms with van der Waals surface area (Å²) in [5.74, 6) is 0.0489. The first-order valence-electron chi connectivity index (χ1n) is 9.48. The van der Waals surface area contributed by atoms with Gasteiger partial charge < -0.3 is 5.32 Å². The van der Waals surface area contributed by atoms with Crippen molar-refractivity contribution in [2.75, 3.05) is 11.1 Å². The molecule has 4 rings (SSSR count). The Balaban J connectivity index is 1.61. The molecule has 0 bridgehead atoms. The molecule has 0 aliphatic heterocycles. The smallest absolute Gasteiger partial charge is 0.262 e. The topological polar surface area (TPSA) is 76.9 Å². The maximum atomic E-state index is 13.2. The molecule has 146 valence electrons. The number of benzene rings is 1. The maximum absolute atomic E-state index is 13.2. The molecule has 1 amide bonds. The van der Waals surface area contributed by atoms with Gasteiger partial charge >= 0.3 is 0 Å². The molecule has 8 heteroatoms. The molecule has 0 radical (unpaired) electrons. The largest absolute Gasteiger partial charge is 0.301 e. The van der Waals surface area contributed by atoms with E-state index in [4.69, 9.17) is 4.98 Å². The highest BCUT2D eigenvalue weighted by Gasteiger charge is 2.22. The minimum absolute atomic E-state index is 0.00374. The van der Waals surface area contributed by atoms with Crippen molar-refractivity contribution in [2.45, 2.75) is 50.2 Å². The molecule has 6 nitrogen and oxygen atoms in total. The molecule has 1 aromatic carbocycles. The standard InChI is InChI=1S/C20H22N4O2S2/c1-13-11-27-19(21-13)23-17(25)12-28-20-22-16-10-6-5-9-15(16)18(26)24(20)14-7-3-2-4-8-14/h5-6,9-11,14H,2-4,7-8,12H2,1H3,(H,21,23,25). The van der Waals surface area contributed by atoms with Crippen LogP contribution in [-0.2, 0) is 4.79 Å². The second kappa shape index (κ2) is 8.45. The summed E-state index contributed by atoms with van der Waals surface area (Å²) in [6, 6.07) is 7.59. The van der Waals surface area contributed by atoms with Crippen molar-refractivity contribution in [1.29, 1.82) is 0 Å². The van der Waals surface area contributed by atoms with Gasteiger partial charge in [0.05, 0.1) is 22.3 Å². The lowest BCUT2D eigenvalue weighted by Crippen LogP contribution is -2.29. The number of carbonyl (C=O) groups excluding carboxylic acids is 1. The van der Waals surface area contributed by atoms with Gasteiger partial charge in [0.1, 0.15) is 0 Å². The quantitative estimate of drug-likeness (QED) is 0.495. The van der Waals surface area contributed by atoms with Gasteiger partial charge in [-0.25, -0.2) is 9.97 Å². The fourth-order valence-corrected chi connectivity index (χ4v) is 5.16. The third kappa shape index (κ3) is 4.12. The van der Waals surface area contributed by atoms with Gasteiger partial charge in [-0.2, -0.15) is 0 Å². The number of aromatic nitrogens is 3. The molecular weight excluding hydrogens is 392 g/mol. The minimum atomic E-state index is -0.142. The summed E-state index contributed by atoms with van der Waals surface area (Å²) in [4.78, 5) is 34.5. The van der Waals surface area contributed by atoms with Gasteiger partial charge in [-0.15, -0.1) is 11.3 Å². The predicted molar refractivity (Wildman–Crippen MR) is 114 cm³/mol. The van der Waals surface area contributed by atoms with Gasteiger partial charge in [-0.1, -0.05) is 43.2 Å². The number of nitrogens with zero attached hydrogens (tertiary/aromatic N) is 3. The SMILES string of the molecule is Cc1csc(NC(=O)CSc2nc3ccccc3c(=O)n2C2CCCCC2)n1. The maximum Gasteiger partial charge on any atom is 0.262 e. The summed E-state index contributed by atoms with van der Waals surface area (Å²) in [6.45, 7) is 1.89. The lowest BCUT2D eigenvalue weighted by atomic mass is 9.95.